The Morgan fingerprint density at radius 2 is 0.600 bits per heavy atom. The minimum absolute atomic E-state index is 0.633. The monoisotopic (exact) mass is 642 g/mol. The van der Waals surface area contributed by atoms with Gasteiger partial charge in [0.25, 0.3) is 0 Å². The van der Waals surface area contributed by atoms with Crippen LogP contribution >= 0.6 is 21.6 Å². The first-order chi connectivity index (χ1) is 19.1. The molecule has 0 fully saturated rings. The molecule has 0 saturated carbocycles. The fourth-order valence-corrected chi connectivity index (χ4v) is 9.45. The molecule has 0 bridgehead atoms. The van der Waals surface area contributed by atoms with Gasteiger partial charge in [0.15, 0.2) is 9.11 Å². The predicted octanol–water partition coefficient (Wildman–Crippen LogP) is 6.74. The fourth-order valence-electron chi connectivity index (χ4n) is 3.70. The molecule has 0 aliphatic heterocycles. The van der Waals surface area contributed by atoms with E-state index in [0.717, 1.165) is 97.5 Å². The van der Waals surface area contributed by atoms with Crippen LogP contribution in [0.1, 0.15) is 132 Å². The molecule has 0 aliphatic carbocycles. The summed E-state index contributed by atoms with van der Waals surface area (Å²) in [6, 6.07) is 0. The van der Waals surface area contributed by atoms with Crippen LogP contribution < -0.4 is 0 Å². The maximum absolute atomic E-state index is 6.76. The predicted molar refractivity (Wildman–Crippen MR) is 182 cm³/mol. The highest BCUT2D eigenvalue weighted by Gasteiger charge is 2.54. The lowest BCUT2D eigenvalue weighted by molar-refractivity contribution is -0.274. The zero-order valence-corrected chi connectivity index (χ0v) is 33.6. The summed E-state index contributed by atoms with van der Waals surface area (Å²) in [5.74, 6) is -1.72. The molecule has 6 nitrogen and oxygen atoms in total. The van der Waals surface area contributed by atoms with Gasteiger partial charge in [-0.2, -0.15) is 0 Å². The molecule has 242 valence electrons. The summed E-state index contributed by atoms with van der Waals surface area (Å²) in [6.07, 6.45) is 12.5. The first-order valence-corrected chi connectivity index (χ1v) is 20.4. The standard InChI is InChI=1S/C30H66O6S2Si2/c1-9-15-21-31-27(7,32-22-16-10-2)29(39,35-25-19-13-5)37-38-30(40,36-26-20-14-6)28(8,33-23-17-11-3)34-24-18-12-4/h9-26H2,1-8,39-40H3. The number of hydrogen-bond donors (Lipinski definition) is 0. The second-order valence-electron chi connectivity index (χ2n) is 11.2. The SMILES string of the molecule is CCCCOC(C)(OCCCC)C([SiH3])(OCCCC)SSC([SiH3])(OCCCC)C(C)(OCCCC)OCCCC. The largest absolute Gasteiger partial charge is 0.363 e. The molecule has 0 saturated heterocycles. The van der Waals surface area contributed by atoms with E-state index in [0.29, 0.717) is 39.6 Å². The van der Waals surface area contributed by atoms with E-state index in [1.54, 1.807) is 21.6 Å². The zero-order valence-electron chi connectivity index (χ0n) is 28.0. The lowest BCUT2D eigenvalue weighted by Crippen LogP contribution is -2.59. The normalized spacial score (nSPS) is 15.9. The van der Waals surface area contributed by atoms with E-state index >= 15 is 0 Å². The van der Waals surface area contributed by atoms with Crippen molar-refractivity contribution in [1.82, 2.24) is 0 Å². The Kier molecular flexibility index (Phi) is 23.8. The van der Waals surface area contributed by atoms with Crippen molar-refractivity contribution in [3.63, 3.8) is 0 Å². The molecule has 0 amide bonds. The Hall–Kier alpha value is 0.894. The number of rotatable bonds is 29. The van der Waals surface area contributed by atoms with Gasteiger partial charge < -0.3 is 28.4 Å². The van der Waals surface area contributed by atoms with Gasteiger partial charge in [-0.05, 0) is 52.4 Å². The highest BCUT2D eigenvalue weighted by Crippen LogP contribution is 2.53. The van der Waals surface area contributed by atoms with E-state index in [4.69, 9.17) is 28.4 Å². The number of hydrogen-bond acceptors (Lipinski definition) is 8. The van der Waals surface area contributed by atoms with Crippen molar-refractivity contribution >= 4 is 42.1 Å². The molecule has 0 aromatic rings. The topological polar surface area (TPSA) is 55.4 Å². The maximum atomic E-state index is 6.76. The van der Waals surface area contributed by atoms with Gasteiger partial charge in [0.05, 0.1) is 46.9 Å². The number of unbranched alkanes of at least 4 members (excludes halogenated alkanes) is 6. The van der Waals surface area contributed by atoms with Gasteiger partial charge in [-0.15, -0.1) is 0 Å². The third-order valence-electron chi connectivity index (χ3n) is 7.26. The molecule has 2 unspecified atom stereocenters. The van der Waals surface area contributed by atoms with Crippen LogP contribution in [0.15, 0.2) is 0 Å². The van der Waals surface area contributed by atoms with Crippen LogP contribution in [-0.4, -0.2) is 80.8 Å². The second kappa shape index (κ2) is 23.3. The van der Waals surface area contributed by atoms with Crippen molar-refractivity contribution in [3.05, 3.63) is 0 Å². The molecule has 0 aliphatic rings. The summed E-state index contributed by atoms with van der Waals surface area (Å²) >= 11 is 0. The van der Waals surface area contributed by atoms with Gasteiger partial charge in [-0.25, -0.2) is 0 Å². The molecule has 0 heterocycles. The van der Waals surface area contributed by atoms with Gasteiger partial charge in [0.1, 0.15) is 0 Å². The summed E-state index contributed by atoms with van der Waals surface area (Å²) in [7, 11) is 4.89. The quantitative estimate of drug-likeness (QED) is 0.0385. The van der Waals surface area contributed by atoms with Crippen LogP contribution in [0.3, 0.4) is 0 Å². The van der Waals surface area contributed by atoms with Crippen molar-refractivity contribution in [2.75, 3.05) is 39.6 Å². The van der Waals surface area contributed by atoms with E-state index in [2.05, 4.69) is 55.4 Å². The Morgan fingerprint density at radius 1 is 0.400 bits per heavy atom. The van der Waals surface area contributed by atoms with Gasteiger partial charge >= 0.3 is 0 Å². The van der Waals surface area contributed by atoms with Crippen molar-refractivity contribution in [1.29, 1.82) is 0 Å². The summed E-state index contributed by atoms with van der Waals surface area (Å²) in [5, 5.41) is 0. The minimum atomic E-state index is -0.858. The lowest BCUT2D eigenvalue weighted by Gasteiger charge is -2.49. The Morgan fingerprint density at radius 3 is 0.800 bits per heavy atom. The summed E-state index contributed by atoms with van der Waals surface area (Å²) in [4.78, 5) is 0. The third kappa shape index (κ3) is 14.6. The highest BCUT2D eigenvalue weighted by molar-refractivity contribution is 8.78. The molecular formula is C30H66O6S2Si2. The van der Waals surface area contributed by atoms with Crippen LogP contribution in [0.25, 0.3) is 0 Å². The van der Waals surface area contributed by atoms with Gasteiger partial charge in [0.2, 0.25) is 11.6 Å². The van der Waals surface area contributed by atoms with Crippen molar-refractivity contribution < 1.29 is 28.4 Å². The summed E-state index contributed by atoms with van der Waals surface area (Å²) in [6.45, 7) is 21.3. The maximum Gasteiger partial charge on any atom is 0.200 e. The minimum Gasteiger partial charge on any atom is -0.363 e. The molecule has 0 spiro atoms. The average molecular weight is 643 g/mol. The average Bonchev–Trinajstić information content (AvgIpc) is 2.93. The molecule has 0 N–H and O–H groups in total. The van der Waals surface area contributed by atoms with Gasteiger partial charge in [-0.1, -0.05) is 102 Å². The van der Waals surface area contributed by atoms with Crippen molar-refractivity contribution in [3.8, 4) is 0 Å². The molecule has 40 heavy (non-hydrogen) atoms. The molecule has 0 rings (SSSR count). The molecule has 10 heteroatoms. The Balaban J connectivity index is 6.34. The first kappa shape index (κ1) is 40.9. The van der Waals surface area contributed by atoms with E-state index in [1.807, 2.05) is 0 Å². The molecule has 0 radical (unpaired) electrons. The van der Waals surface area contributed by atoms with Crippen LogP contribution in [-0.2, 0) is 28.4 Å². The van der Waals surface area contributed by atoms with Gasteiger partial charge in [-0.3, -0.25) is 0 Å². The third-order valence-corrected chi connectivity index (χ3v) is 16.5. The van der Waals surface area contributed by atoms with E-state index in [-0.39, 0.29) is 0 Å². The Labute approximate surface area is 262 Å². The lowest BCUT2D eigenvalue weighted by atomic mass is 10.3. The second-order valence-corrected chi connectivity index (χ2v) is 18.3. The van der Waals surface area contributed by atoms with Crippen LogP contribution in [0, 0.1) is 0 Å². The summed E-state index contributed by atoms with van der Waals surface area (Å²) in [5.41, 5.74) is 0. The Bertz CT molecular complexity index is 537. The van der Waals surface area contributed by atoms with Crippen LogP contribution in [0.2, 0.25) is 0 Å². The molecule has 0 aromatic heterocycles. The van der Waals surface area contributed by atoms with Crippen LogP contribution in [0.5, 0.6) is 0 Å². The van der Waals surface area contributed by atoms with E-state index < -0.39 is 20.7 Å². The zero-order chi connectivity index (χ0) is 30.4. The highest BCUT2D eigenvalue weighted by atomic mass is 33.1. The van der Waals surface area contributed by atoms with E-state index in [1.165, 1.54) is 0 Å². The van der Waals surface area contributed by atoms with Crippen molar-refractivity contribution in [2.45, 2.75) is 153 Å². The van der Waals surface area contributed by atoms with Crippen LogP contribution in [0.4, 0.5) is 0 Å². The molecule has 0 aromatic carbocycles. The first-order valence-electron chi connectivity index (χ1n) is 16.3. The van der Waals surface area contributed by atoms with Crippen molar-refractivity contribution in [2.24, 2.45) is 0 Å². The molecular weight excluding hydrogens is 577 g/mol. The summed E-state index contributed by atoms with van der Waals surface area (Å²) < 4.78 is 38.6. The van der Waals surface area contributed by atoms with E-state index in [9.17, 15) is 0 Å². The molecule has 2 atom stereocenters. The smallest absolute Gasteiger partial charge is 0.200 e. The number of ether oxygens (including phenoxy) is 6. The fraction of sp³-hybridized carbons (Fsp3) is 1.00. The van der Waals surface area contributed by atoms with Gasteiger partial charge in [0, 0.05) is 13.2 Å².